The Morgan fingerprint density at radius 2 is 2.04 bits per heavy atom. The summed E-state index contributed by atoms with van der Waals surface area (Å²) in [7, 11) is 1.79. The van der Waals surface area contributed by atoms with Gasteiger partial charge >= 0.3 is 6.03 Å². The normalized spacial score (nSPS) is 21.0. The highest BCUT2D eigenvalue weighted by Crippen LogP contribution is 2.39. The van der Waals surface area contributed by atoms with E-state index in [9.17, 15) is 14.4 Å². The van der Waals surface area contributed by atoms with Crippen molar-refractivity contribution >= 4 is 23.5 Å². The molecule has 1 atom stereocenters. The maximum absolute atomic E-state index is 13.2. The van der Waals surface area contributed by atoms with Gasteiger partial charge in [0.2, 0.25) is 5.91 Å². The van der Waals surface area contributed by atoms with E-state index in [0.29, 0.717) is 17.8 Å². The van der Waals surface area contributed by atoms with Crippen molar-refractivity contribution < 1.29 is 14.4 Å². The number of fused-ring (bicyclic) bond motifs is 2. The molecule has 28 heavy (non-hydrogen) atoms. The number of carbonyl (C=O) groups excluding carboxylic acids is 3. The number of hydrogen-bond donors (Lipinski definition) is 2. The topological polar surface area (TPSA) is 96.3 Å². The Morgan fingerprint density at radius 1 is 1.29 bits per heavy atom. The SMILES string of the molecule is Cc1nn(C)c(C)c1NC(=O)CN1C(=O)NC2(CCCc3ccccc32)C1=O. The molecule has 2 N–H and O–H groups in total. The van der Waals surface area contributed by atoms with Gasteiger partial charge in [0.1, 0.15) is 12.1 Å². The van der Waals surface area contributed by atoms with Crippen LogP contribution < -0.4 is 10.6 Å². The van der Waals surface area contributed by atoms with Gasteiger partial charge in [-0.3, -0.25) is 19.2 Å². The first-order valence-electron chi connectivity index (χ1n) is 9.36. The predicted molar refractivity (Wildman–Crippen MR) is 103 cm³/mol. The van der Waals surface area contributed by atoms with Crippen LogP contribution in [0.25, 0.3) is 0 Å². The summed E-state index contributed by atoms with van der Waals surface area (Å²) in [5.74, 6) is -0.789. The maximum atomic E-state index is 13.2. The van der Waals surface area contributed by atoms with Crippen LogP contribution >= 0.6 is 0 Å². The number of nitrogens with zero attached hydrogens (tertiary/aromatic N) is 3. The van der Waals surface area contributed by atoms with Crippen molar-refractivity contribution in [1.82, 2.24) is 20.0 Å². The van der Waals surface area contributed by atoms with Crippen molar-refractivity contribution in [3.8, 4) is 0 Å². The molecule has 8 nitrogen and oxygen atoms in total. The van der Waals surface area contributed by atoms with Crippen LogP contribution in [0.15, 0.2) is 24.3 Å². The second-order valence-electron chi connectivity index (χ2n) is 7.46. The van der Waals surface area contributed by atoms with E-state index in [4.69, 9.17) is 0 Å². The fraction of sp³-hybridized carbons (Fsp3) is 0.400. The third kappa shape index (κ3) is 2.67. The van der Waals surface area contributed by atoms with Crippen LogP contribution in [0, 0.1) is 13.8 Å². The van der Waals surface area contributed by atoms with E-state index in [-0.39, 0.29) is 12.5 Å². The summed E-state index contributed by atoms with van der Waals surface area (Å²) in [6.07, 6.45) is 2.21. The fourth-order valence-electron chi connectivity index (χ4n) is 4.23. The average Bonchev–Trinajstić information content (AvgIpc) is 3.04. The van der Waals surface area contributed by atoms with E-state index >= 15 is 0 Å². The first-order chi connectivity index (χ1) is 13.3. The smallest absolute Gasteiger partial charge is 0.321 e. The van der Waals surface area contributed by atoms with E-state index in [1.165, 1.54) is 0 Å². The molecule has 4 rings (SSSR count). The lowest BCUT2D eigenvalue weighted by Gasteiger charge is -2.33. The van der Waals surface area contributed by atoms with Crippen LogP contribution in [0.4, 0.5) is 10.5 Å². The predicted octanol–water partition coefficient (Wildman–Crippen LogP) is 1.76. The van der Waals surface area contributed by atoms with Gasteiger partial charge in [-0.25, -0.2) is 4.79 Å². The molecular formula is C20H23N5O3. The van der Waals surface area contributed by atoms with Gasteiger partial charge in [-0.2, -0.15) is 5.10 Å². The second kappa shape index (κ2) is 6.47. The number of aromatic nitrogens is 2. The molecule has 0 radical (unpaired) electrons. The molecule has 1 aliphatic heterocycles. The molecule has 1 fully saturated rings. The lowest BCUT2D eigenvalue weighted by Crippen LogP contribution is -2.47. The van der Waals surface area contributed by atoms with E-state index in [1.54, 1.807) is 18.7 Å². The highest BCUT2D eigenvalue weighted by molar-refractivity contribution is 6.10. The standard InChI is InChI=1S/C20H23N5O3/c1-12-17(13(2)24(3)23-12)21-16(26)11-25-18(27)20(22-19(25)28)10-6-8-14-7-4-5-9-15(14)20/h4-5,7,9H,6,8,10-11H2,1-3H3,(H,21,26)(H,22,28). The number of carbonyl (C=O) groups is 3. The Bertz CT molecular complexity index is 996. The molecule has 0 bridgehead atoms. The zero-order valence-electron chi connectivity index (χ0n) is 16.2. The minimum atomic E-state index is -1.06. The van der Waals surface area contributed by atoms with Crippen LogP contribution in [0.3, 0.4) is 0 Å². The van der Waals surface area contributed by atoms with Crippen molar-refractivity contribution in [2.24, 2.45) is 7.05 Å². The molecule has 2 aliphatic rings. The Balaban J connectivity index is 1.57. The Kier molecular flexibility index (Phi) is 4.21. The number of benzene rings is 1. The molecule has 1 aliphatic carbocycles. The molecule has 2 heterocycles. The summed E-state index contributed by atoms with van der Waals surface area (Å²) < 4.78 is 1.67. The number of amides is 4. The van der Waals surface area contributed by atoms with Crippen LogP contribution in [0.2, 0.25) is 0 Å². The number of nitrogens with one attached hydrogen (secondary N) is 2. The minimum Gasteiger partial charge on any atom is -0.321 e. The van der Waals surface area contributed by atoms with Gasteiger partial charge in [0.25, 0.3) is 5.91 Å². The highest BCUT2D eigenvalue weighted by Gasteiger charge is 2.54. The van der Waals surface area contributed by atoms with Gasteiger partial charge in [0.15, 0.2) is 0 Å². The summed E-state index contributed by atoms with van der Waals surface area (Å²) in [6.45, 7) is 3.31. The van der Waals surface area contributed by atoms with Gasteiger partial charge in [0, 0.05) is 7.05 Å². The molecule has 4 amide bonds. The fourth-order valence-corrected chi connectivity index (χ4v) is 4.23. The van der Waals surface area contributed by atoms with E-state index in [1.807, 2.05) is 31.2 Å². The Labute approximate surface area is 162 Å². The summed E-state index contributed by atoms with van der Waals surface area (Å²) in [5, 5.41) is 9.90. The highest BCUT2D eigenvalue weighted by atomic mass is 16.2. The first-order valence-corrected chi connectivity index (χ1v) is 9.36. The number of imide groups is 1. The van der Waals surface area contributed by atoms with Crippen molar-refractivity contribution in [1.29, 1.82) is 0 Å². The summed E-state index contributed by atoms with van der Waals surface area (Å²) >= 11 is 0. The van der Waals surface area contributed by atoms with Crippen LogP contribution in [-0.2, 0) is 28.6 Å². The van der Waals surface area contributed by atoms with Gasteiger partial charge in [0.05, 0.1) is 17.1 Å². The quantitative estimate of drug-likeness (QED) is 0.792. The molecule has 146 valence electrons. The van der Waals surface area contributed by atoms with Crippen molar-refractivity contribution in [3.05, 3.63) is 46.8 Å². The third-order valence-corrected chi connectivity index (χ3v) is 5.73. The molecule has 1 saturated heterocycles. The lowest BCUT2D eigenvalue weighted by atomic mass is 9.76. The number of aryl methyl sites for hydroxylation is 3. The molecule has 1 aromatic heterocycles. The van der Waals surface area contributed by atoms with Crippen molar-refractivity contribution in [2.75, 3.05) is 11.9 Å². The van der Waals surface area contributed by atoms with Crippen LogP contribution in [0.1, 0.15) is 35.4 Å². The third-order valence-electron chi connectivity index (χ3n) is 5.73. The zero-order chi connectivity index (χ0) is 20.1. The first kappa shape index (κ1) is 18.2. The summed E-state index contributed by atoms with van der Waals surface area (Å²) in [5.41, 5.74) is 2.93. The average molecular weight is 381 g/mol. The molecular weight excluding hydrogens is 358 g/mol. The number of hydrogen-bond acceptors (Lipinski definition) is 4. The van der Waals surface area contributed by atoms with Gasteiger partial charge in [-0.05, 0) is 44.2 Å². The number of anilines is 1. The number of rotatable bonds is 3. The van der Waals surface area contributed by atoms with Gasteiger partial charge < -0.3 is 10.6 Å². The van der Waals surface area contributed by atoms with Gasteiger partial charge in [-0.15, -0.1) is 0 Å². The molecule has 0 saturated carbocycles. The van der Waals surface area contributed by atoms with E-state index in [2.05, 4.69) is 15.7 Å². The summed E-state index contributed by atoms with van der Waals surface area (Å²) in [4.78, 5) is 39.4. The molecule has 1 spiro atoms. The Morgan fingerprint density at radius 3 is 2.75 bits per heavy atom. The van der Waals surface area contributed by atoms with E-state index < -0.39 is 17.5 Å². The second-order valence-corrected chi connectivity index (χ2v) is 7.46. The van der Waals surface area contributed by atoms with Crippen LogP contribution in [0.5, 0.6) is 0 Å². The van der Waals surface area contributed by atoms with Crippen molar-refractivity contribution in [2.45, 2.75) is 38.6 Å². The summed E-state index contributed by atoms with van der Waals surface area (Å²) in [6, 6.07) is 7.14. The maximum Gasteiger partial charge on any atom is 0.325 e. The molecule has 2 aromatic rings. The Hall–Kier alpha value is -3.16. The van der Waals surface area contributed by atoms with E-state index in [0.717, 1.165) is 34.6 Å². The van der Waals surface area contributed by atoms with Crippen molar-refractivity contribution in [3.63, 3.8) is 0 Å². The minimum absolute atomic E-state index is 0.331. The molecule has 1 unspecified atom stereocenters. The number of urea groups is 1. The molecule has 1 aromatic carbocycles. The zero-order valence-corrected chi connectivity index (χ0v) is 16.2. The van der Waals surface area contributed by atoms with Gasteiger partial charge in [-0.1, -0.05) is 24.3 Å². The molecule has 8 heteroatoms. The lowest BCUT2D eigenvalue weighted by molar-refractivity contribution is -0.134. The van der Waals surface area contributed by atoms with Crippen LogP contribution in [-0.4, -0.2) is 39.1 Å². The largest absolute Gasteiger partial charge is 0.325 e. The monoisotopic (exact) mass is 381 g/mol.